The van der Waals surface area contributed by atoms with Gasteiger partial charge in [0.05, 0.1) is 10.7 Å². The smallest absolute Gasteiger partial charge is 0.0900 e. The number of hydrogen-bond donors (Lipinski definition) is 1. The van der Waals surface area contributed by atoms with E-state index in [-0.39, 0.29) is 0 Å². The maximum atomic E-state index is 5.41. The van der Waals surface area contributed by atoms with Crippen LogP contribution in [0.4, 0.5) is 0 Å². The van der Waals surface area contributed by atoms with E-state index in [4.69, 9.17) is 4.74 Å². The molecule has 1 aromatic rings. The molecule has 0 atom stereocenters. The molecule has 0 aromatic carbocycles. The Morgan fingerprint density at radius 1 is 1.31 bits per heavy atom. The van der Waals surface area contributed by atoms with E-state index < -0.39 is 0 Å². The maximum absolute atomic E-state index is 5.41. The number of hydrogen-bond acceptors (Lipinski definition) is 4. The summed E-state index contributed by atoms with van der Waals surface area (Å²) in [4.78, 5) is 5.76. The lowest BCUT2D eigenvalue weighted by molar-refractivity contribution is 0.132. The molecule has 92 valence electrons. The lowest BCUT2D eigenvalue weighted by Gasteiger charge is -2.04. The zero-order valence-electron chi connectivity index (χ0n) is 10.5. The summed E-state index contributed by atoms with van der Waals surface area (Å²) in [6.07, 6.45) is 2.18. The third-order valence-electron chi connectivity index (χ3n) is 2.28. The highest BCUT2D eigenvalue weighted by Gasteiger charge is 2.03. The fourth-order valence-corrected chi connectivity index (χ4v) is 2.39. The van der Waals surface area contributed by atoms with Crippen LogP contribution in [-0.2, 0) is 11.3 Å². The van der Waals surface area contributed by atoms with Gasteiger partial charge in [0.15, 0.2) is 0 Å². The van der Waals surface area contributed by atoms with E-state index in [0.29, 0.717) is 0 Å². The molecule has 1 heterocycles. The summed E-state index contributed by atoms with van der Waals surface area (Å²) in [6, 6.07) is 0. The minimum atomic E-state index is 0.863. The molecule has 1 N–H and O–H groups in total. The van der Waals surface area contributed by atoms with E-state index >= 15 is 0 Å². The molecule has 0 unspecified atom stereocenters. The van der Waals surface area contributed by atoms with Gasteiger partial charge in [0, 0.05) is 24.6 Å². The summed E-state index contributed by atoms with van der Waals surface area (Å²) in [5, 5.41) is 4.58. The van der Waals surface area contributed by atoms with Crippen molar-refractivity contribution in [2.75, 3.05) is 19.8 Å². The van der Waals surface area contributed by atoms with Gasteiger partial charge in [-0.25, -0.2) is 4.98 Å². The van der Waals surface area contributed by atoms with Gasteiger partial charge in [-0.1, -0.05) is 6.92 Å². The van der Waals surface area contributed by atoms with Crippen LogP contribution in [0.2, 0.25) is 0 Å². The highest BCUT2D eigenvalue weighted by molar-refractivity contribution is 7.11. The maximum Gasteiger partial charge on any atom is 0.0900 e. The Balaban J connectivity index is 2.05. The van der Waals surface area contributed by atoms with Crippen molar-refractivity contribution in [3.05, 3.63) is 15.6 Å². The van der Waals surface area contributed by atoms with Gasteiger partial charge in [-0.3, -0.25) is 0 Å². The fraction of sp³-hybridized carbons (Fsp3) is 0.750. The Labute approximate surface area is 102 Å². The third-order valence-corrected chi connectivity index (χ3v) is 3.35. The van der Waals surface area contributed by atoms with Crippen LogP contribution in [0.25, 0.3) is 0 Å². The largest absolute Gasteiger partial charge is 0.381 e. The summed E-state index contributed by atoms with van der Waals surface area (Å²) >= 11 is 1.78. The summed E-state index contributed by atoms with van der Waals surface area (Å²) in [5.41, 5.74) is 1.16. The third kappa shape index (κ3) is 5.05. The summed E-state index contributed by atoms with van der Waals surface area (Å²) in [5.74, 6) is 0. The van der Waals surface area contributed by atoms with Crippen molar-refractivity contribution in [1.82, 2.24) is 10.3 Å². The minimum Gasteiger partial charge on any atom is -0.381 e. The lowest BCUT2D eigenvalue weighted by Crippen LogP contribution is -2.16. The molecule has 0 aliphatic rings. The lowest BCUT2D eigenvalue weighted by atomic mass is 10.3. The Morgan fingerprint density at radius 3 is 2.75 bits per heavy atom. The van der Waals surface area contributed by atoms with Gasteiger partial charge in [-0.15, -0.1) is 11.3 Å². The first-order valence-corrected chi connectivity index (χ1v) is 6.77. The second-order valence-electron chi connectivity index (χ2n) is 3.88. The Morgan fingerprint density at radius 2 is 2.12 bits per heavy atom. The molecule has 0 amide bonds. The number of aromatic nitrogens is 1. The quantitative estimate of drug-likeness (QED) is 0.712. The molecule has 3 nitrogen and oxygen atoms in total. The standard InChI is InChI=1S/C12H22N2OS/c1-4-7-15-8-5-6-13-9-12-10(2)14-11(3)16-12/h13H,4-9H2,1-3H3. The van der Waals surface area contributed by atoms with Gasteiger partial charge >= 0.3 is 0 Å². The summed E-state index contributed by atoms with van der Waals surface area (Å²) in [7, 11) is 0. The average Bonchev–Trinajstić information content (AvgIpc) is 2.56. The van der Waals surface area contributed by atoms with Crippen LogP contribution < -0.4 is 5.32 Å². The van der Waals surface area contributed by atoms with Crippen LogP contribution in [-0.4, -0.2) is 24.7 Å². The molecule has 0 fully saturated rings. The number of thiazole rings is 1. The Kier molecular flexibility index (Phi) is 6.61. The van der Waals surface area contributed by atoms with Crippen LogP contribution in [0.5, 0.6) is 0 Å². The molecule has 0 aliphatic carbocycles. The molecule has 1 aromatic heterocycles. The van der Waals surface area contributed by atoms with Crippen molar-refractivity contribution in [3.8, 4) is 0 Å². The predicted octanol–water partition coefficient (Wildman–Crippen LogP) is 2.67. The average molecular weight is 242 g/mol. The summed E-state index contributed by atoms with van der Waals surface area (Å²) in [6.45, 7) is 9.96. The number of nitrogens with zero attached hydrogens (tertiary/aromatic N) is 1. The summed E-state index contributed by atoms with van der Waals surface area (Å²) < 4.78 is 5.41. The normalized spacial score (nSPS) is 10.9. The van der Waals surface area contributed by atoms with Crippen molar-refractivity contribution in [2.45, 2.75) is 40.2 Å². The molecule has 0 radical (unpaired) electrons. The van der Waals surface area contributed by atoms with Gasteiger partial charge in [-0.05, 0) is 33.2 Å². The zero-order valence-corrected chi connectivity index (χ0v) is 11.3. The van der Waals surface area contributed by atoms with Gasteiger partial charge in [0.2, 0.25) is 0 Å². The topological polar surface area (TPSA) is 34.1 Å². The molecule has 0 aliphatic heterocycles. The molecule has 1 rings (SSSR count). The van der Waals surface area contributed by atoms with Gasteiger partial charge in [0.25, 0.3) is 0 Å². The first-order valence-electron chi connectivity index (χ1n) is 5.95. The molecule has 0 spiro atoms. The van der Waals surface area contributed by atoms with Gasteiger partial charge in [-0.2, -0.15) is 0 Å². The predicted molar refractivity (Wildman–Crippen MR) is 69.0 cm³/mol. The van der Waals surface area contributed by atoms with Crippen molar-refractivity contribution >= 4 is 11.3 Å². The second kappa shape index (κ2) is 7.76. The fourth-order valence-electron chi connectivity index (χ4n) is 1.49. The van der Waals surface area contributed by atoms with Crippen molar-refractivity contribution in [2.24, 2.45) is 0 Å². The molecule has 0 saturated carbocycles. The molecule has 16 heavy (non-hydrogen) atoms. The van der Waals surface area contributed by atoms with Gasteiger partial charge < -0.3 is 10.1 Å². The van der Waals surface area contributed by atoms with Crippen molar-refractivity contribution in [3.63, 3.8) is 0 Å². The van der Waals surface area contributed by atoms with Crippen molar-refractivity contribution < 1.29 is 4.74 Å². The molecule has 0 saturated heterocycles. The van der Waals surface area contributed by atoms with E-state index in [1.54, 1.807) is 11.3 Å². The van der Waals surface area contributed by atoms with E-state index in [2.05, 4.69) is 31.1 Å². The zero-order chi connectivity index (χ0) is 11.8. The first-order chi connectivity index (χ1) is 7.74. The molecular formula is C12H22N2OS. The highest BCUT2D eigenvalue weighted by Crippen LogP contribution is 2.16. The van der Waals surface area contributed by atoms with Crippen LogP contribution in [0.15, 0.2) is 0 Å². The Hall–Kier alpha value is -0.450. The molecule has 4 heteroatoms. The number of aryl methyl sites for hydroxylation is 2. The van der Waals surface area contributed by atoms with E-state index in [9.17, 15) is 0 Å². The SMILES string of the molecule is CCCOCCCNCc1sc(C)nc1C. The van der Waals surface area contributed by atoms with Crippen LogP contribution in [0.3, 0.4) is 0 Å². The van der Waals surface area contributed by atoms with Crippen molar-refractivity contribution in [1.29, 1.82) is 0 Å². The van der Waals surface area contributed by atoms with Crippen LogP contribution >= 0.6 is 11.3 Å². The first kappa shape index (κ1) is 13.6. The monoisotopic (exact) mass is 242 g/mol. The molecular weight excluding hydrogens is 220 g/mol. The number of rotatable bonds is 8. The van der Waals surface area contributed by atoms with Crippen LogP contribution in [0.1, 0.15) is 35.3 Å². The van der Waals surface area contributed by atoms with Crippen LogP contribution in [0, 0.1) is 13.8 Å². The highest BCUT2D eigenvalue weighted by atomic mass is 32.1. The van der Waals surface area contributed by atoms with Gasteiger partial charge in [0.1, 0.15) is 0 Å². The molecule has 0 bridgehead atoms. The Bertz CT molecular complexity index is 299. The number of ether oxygens (including phenoxy) is 1. The second-order valence-corrected chi connectivity index (χ2v) is 5.17. The number of nitrogens with one attached hydrogen (secondary N) is 1. The van der Waals surface area contributed by atoms with E-state index in [1.807, 2.05) is 0 Å². The van der Waals surface area contributed by atoms with E-state index in [1.165, 1.54) is 4.88 Å². The minimum absolute atomic E-state index is 0.863. The van der Waals surface area contributed by atoms with E-state index in [0.717, 1.165) is 49.8 Å².